The van der Waals surface area contributed by atoms with Crippen LogP contribution in [0.25, 0.3) is 16.9 Å². The van der Waals surface area contributed by atoms with Crippen molar-refractivity contribution in [3.05, 3.63) is 60.0 Å². The van der Waals surface area contributed by atoms with Crippen molar-refractivity contribution in [1.29, 1.82) is 0 Å². The first-order chi connectivity index (χ1) is 15.7. The molecule has 9 heteroatoms. The van der Waals surface area contributed by atoms with Gasteiger partial charge < -0.3 is 20.5 Å². The van der Waals surface area contributed by atoms with Gasteiger partial charge in [-0.15, -0.1) is 5.10 Å². The van der Waals surface area contributed by atoms with Gasteiger partial charge in [0.15, 0.2) is 5.82 Å². The number of pyridine rings is 1. The van der Waals surface area contributed by atoms with Crippen LogP contribution >= 0.6 is 0 Å². The normalized spacial score (nSPS) is 15.9. The van der Waals surface area contributed by atoms with Crippen LogP contribution in [0.1, 0.15) is 17.7 Å². The van der Waals surface area contributed by atoms with Gasteiger partial charge in [-0.05, 0) is 62.4 Å². The monoisotopic (exact) mass is 431 g/mol. The van der Waals surface area contributed by atoms with Crippen LogP contribution in [0.3, 0.4) is 0 Å². The van der Waals surface area contributed by atoms with E-state index in [9.17, 15) is 5.11 Å². The topological polar surface area (TPSA) is 110 Å². The van der Waals surface area contributed by atoms with Crippen molar-refractivity contribution >= 4 is 22.5 Å². The number of nitrogens with one attached hydrogen (secondary N) is 2. The summed E-state index contributed by atoms with van der Waals surface area (Å²) in [6.07, 6.45) is 3.30. The molecule has 3 N–H and O–H groups in total. The molecular formula is C23H25N7O2. The standard InChI is InChI=1S/C23H25N7O2/c1-15-2-6-21(29-28-15)26-17-4-5-20-19(12-17)25-14-30(20)22-7-3-16(9-11-31)23(27-22)32-18-8-10-24-13-18/h2-7,12,14,18,24,31H,8-11,13H2,1H3,(H,26,29)/t18-/m0/s1. The Bertz CT molecular complexity index is 1220. The molecule has 32 heavy (non-hydrogen) atoms. The molecule has 5 rings (SSSR count). The lowest BCUT2D eigenvalue weighted by atomic mass is 10.2. The van der Waals surface area contributed by atoms with Crippen molar-refractivity contribution in [2.75, 3.05) is 25.0 Å². The Kier molecular flexibility index (Phi) is 5.66. The predicted octanol–water partition coefficient (Wildman–Crippen LogP) is 2.54. The summed E-state index contributed by atoms with van der Waals surface area (Å²) in [4.78, 5) is 9.33. The van der Waals surface area contributed by atoms with E-state index in [-0.39, 0.29) is 12.7 Å². The van der Waals surface area contributed by atoms with Gasteiger partial charge in [-0.25, -0.2) is 4.98 Å². The highest BCUT2D eigenvalue weighted by Gasteiger charge is 2.19. The zero-order valence-corrected chi connectivity index (χ0v) is 17.8. The molecule has 1 atom stereocenters. The van der Waals surface area contributed by atoms with E-state index < -0.39 is 0 Å². The first kappa shape index (κ1) is 20.3. The second kappa shape index (κ2) is 8.89. The molecule has 4 aromatic rings. The molecule has 4 heterocycles. The van der Waals surface area contributed by atoms with Gasteiger partial charge in [0.25, 0.3) is 0 Å². The minimum absolute atomic E-state index is 0.0510. The minimum atomic E-state index is 0.0510. The average molecular weight is 432 g/mol. The maximum Gasteiger partial charge on any atom is 0.218 e. The molecule has 0 amide bonds. The first-order valence-electron chi connectivity index (χ1n) is 10.7. The Morgan fingerprint density at radius 2 is 2.12 bits per heavy atom. The molecule has 0 unspecified atom stereocenters. The molecule has 1 aliphatic heterocycles. The summed E-state index contributed by atoms with van der Waals surface area (Å²) in [5.74, 6) is 1.97. The van der Waals surface area contributed by atoms with Gasteiger partial charge >= 0.3 is 0 Å². The highest BCUT2D eigenvalue weighted by Crippen LogP contribution is 2.26. The van der Waals surface area contributed by atoms with Crippen molar-refractivity contribution in [2.24, 2.45) is 0 Å². The van der Waals surface area contributed by atoms with E-state index in [0.717, 1.165) is 53.3 Å². The number of aliphatic hydroxyl groups is 1. The van der Waals surface area contributed by atoms with Crippen LogP contribution in [0.4, 0.5) is 11.5 Å². The molecule has 9 nitrogen and oxygen atoms in total. The molecule has 164 valence electrons. The lowest BCUT2D eigenvalue weighted by molar-refractivity contribution is 0.209. The molecule has 1 aromatic carbocycles. The zero-order chi connectivity index (χ0) is 21.9. The molecule has 0 saturated carbocycles. The number of aliphatic hydroxyl groups excluding tert-OH is 1. The summed E-state index contributed by atoms with van der Waals surface area (Å²) in [5.41, 5.74) is 4.41. The quantitative estimate of drug-likeness (QED) is 0.410. The Morgan fingerprint density at radius 1 is 1.19 bits per heavy atom. The fourth-order valence-electron chi connectivity index (χ4n) is 3.78. The van der Waals surface area contributed by atoms with Gasteiger partial charge in [0, 0.05) is 30.8 Å². The van der Waals surface area contributed by atoms with Gasteiger partial charge in [-0.2, -0.15) is 10.1 Å². The summed E-state index contributed by atoms with van der Waals surface area (Å²) < 4.78 is 8.10. The largest absolute Gasteiger partial charge is 0.473 e. The number of hydrogen-bond donors (Lipinski definition) is 3. The van der Waals surface area contributed by atoms with Gasteiger partial charge in [-0.3, -0.25) is 4.57 Å². The molecule has 0 bridgehead atoms. The number of nitrogens with zero attached hydrogens (tertiary/aromatic N) is 5. The number of hydrogen-bond acceptors (Lipinski definition) is 8. The predicted molar refractivity (Wildman–Crippen MR) is 122 cm³/mol. The van der Waals surface area contributed by atoms with E-state index in [1.807, 2.05) is 54.0 Å². The number of anilines is 2. The van der Waals surface area contributed by atoms with Gasteiger partial charge in [0.1, 0.15) is 18.2 Å². The van der Waals surface area contributed by atoms with Crippen LogP contribution in [0.5, 0.6) is 5.88 Å². The maximum atomic E-state index is 9.42. The van der Waals surface area contributed by atoms with Crippen LogP contribution in [0, 0.1) is 6.92 Å². The number of fused-ring (bicyclic) bond motifs is 1. The molecule has 0 radical (unpaired) electrons. The highest BCUT2D eigenvalue weighted by atomic mass is 16.5. The Hall–Kier alpha value is -3.56. The molecule has 1 fully saturated rings. The van der Waals surface area contributed by atoms with E-state index >= 15 is 0 Å². The van der Waals surface area contributed by atoms with E-state index in [1.54, 1.807) is 6.33 Å². The van der Waals surface area contributed by atoms with Gasteiger partial charge in [0.05, 0.1) is 16.7 Å². The summed E-state index contributed by atoms with van der Waals surface area (Å²) in [7, 11) is 0. The van der Waals surface area contributed by atoms with Crippen molar-refractivity contribution in [3.8, 4) is 11.7 Å². The molecule has 3 aromatic heterocycles. The average Bonchev–Trinajstić information content (AvgIpc) is 3.46. The molecule has 0 spiro atoms. The number of benzene rings is 1. The summed E-state index contributed by atoms with van der Waals surface area (Å²) in [5, 5.41) is 24.2. The van der Waals surface area contributed by atoms with E-state index in [4.69, 9.17) is 9.72 Å². The zero-order valence-electron chi connectivity index (χ0n) is 17.8. The Morgan fingerprint density at radius 3 is 2.91 bits per heavy atom. The summed E-state index contributed by atoms with van der Waals surface area (Å²) >= 11 is 0. The van der Waals surface area contributed by atoms with E-state index in [1.165, 1.54) is 0 Å². The van der Waals surface area contributed by atoms with Gasteiger partial charge in [0.2, 0.25) is 5.88 Å². The number of aryl methyl sites for hydroxylation is 1. The third-order valence-electron chi connectivity index (χ3n) is 5.46. The molecule has 1 saturated heterocycles. The second-order valence-corrected chi connectivity index (χ2v) is 7.84. The van der Waals surface area contributed by atoms with Crippen LogP contribution in [0.15, 0.2) is 48.8 Å². The Balaban J connectivity index is 1.44. The minimum Gasteiger partial charge on any atom is -0.473 e. The van der Waals surface area contributed by atoms with Crippen molar-refractivity contribution in [3.63, 3.8) is 0 Å². The molecular weight excluding hydrogens is 406 g/mol. The fourth-order valence-corrected chi connectivity index (χ4v) is 3.78. The van der Waals surface area contributed by atoms with Crippen LogP contribution in [-0.2, 0) is 6.42 Å². The third-order valence-corrected chi connectivity index (χ3v) is 5.46. The lowest BCUT2D eigenvalue weighted by Crippen LogP contribution is -2.21. The van der Waals surface area contributed by atoms with Crippen molar-refractivity contribution in [2.45, 2.75) is 25.9 Å². The number of ether oxygens (including phenoxy) is 1. The van der Waals surface area contributed by atoms with Gasteiger partial charge in [-0.1, -0.05) is 0 Å². The second-order valence-electron chi connectivity index (χ2n) is 7.84. The molecule has 1 aliphatic rings. The van der Waals surface area contributed by atoms with Crippen LogP contribution in [-0.4, -0.2) is 55.6 Å². The molecule has 0 aliphatic carbocycles. The van der Waals surface area contributed by atoms with E-state index in [0.29, 0.717) is 18.1 Å². The van der Waals surface area contributed by atoms with E-state index in [2.05, 4.69) is 25.8 Å². The smallest absolute Gasteiger partial charge is 0.218 e. The maximum absolute atomic E-state index is 9.42. The summed E-state index contributed by atoms with van der Waals surface area (Å²) in [6, 6.07) is 13.6. The summed E-state index contributed by atoms with van der Waals surface area (Å²) in [6.45, 7) is 3.70. The highest BCUT2D eigenvalue weighted by molar-refractivity contribution is 5.81. The third kappa shape index (κ3) is 4.25. The lowest BCUT2D eigenvalue weighted by Gasteiger charge is -2.16. The number of rotatable bonds is 7. The number of aromatic nitrogens is 5. The van der Waals surface area contributed by atoms with Crippen LogP contribution in [0.2, 0.25) is 0 Å². The SMILES string of the molecule is Cc1ccc(Nc2ccc3c(c2)ncn3-c2ccc(CCO)c(O[C@H]3CCNC3)n2)nn1. The Labute approximate surface area is 185 Å². The van der Waals surface area contributed by atoms with Crippen molar-refractivity contribution in [1.82, 2.24) is 30.0 Å². The first-order valence-corrected chi connectivity index (χ1v) is 10.7. The van der Waals surface area contributed by atoms with Crippen LogP contribution < -0.4 is 15.4 Å². The number of imidazole rings is 1. The van der Waals surface area contributed by atoms with Crippen molar-refractivity contribution < 1.29 is 9.84 Å². The fraction of sp³-hybridized carbons (Fsp3) is 0.304.